The second kappa shape index (κ2) is 8.19. The summed E-state index contributed by atoms with van der Waals surface area (Å²) in [6, 6.07) is 7.37. The van der Waals surface area contributed by atoms with Gasteiger partial charge in [0.2, 0.25) is 0 Å². The molecule has 170 valence electrons. The van der Waals surface area contributed by atoms with E-state index < -0.39 is 5.60 Å². The van der Waals surface area contributed by atoms with Crippen LogP contribution >= 0.6 is 22.9 Å². The number of fused-ring (bicyclic) bond motifs is 3. The average Bonchev–Trinajstić information content (AvgIpc) is 3.07. The Morgan fingerprint density at radius 1 is 1.19 bits per heavy atom. The van der Waals surface area contributed by atoms with Gasteiger partial charge in [-0.2, -0.15) is 5.10 Å². The summed E-state index contributed by atoms with van der Waals surface area (Å²) in [5.41, 5.74) is 3.59. The van der Waals surface area contributed by atoms with Gasteiger partial charge in [0, 0.05) is 28.1 Å². The molecule has 1 unspecified atom stereocenters. The van der Waals surface area contributed by atoms with E-state index >= 15 is 0 Å². The number of carbonyl (C=O) groups is 1. The van der Waals surface area contributed by atoms with Gasteiger partial charge in [0.1, 0.15) is 28.6 Å². The van der Waals surface area contributed by atoms with Gasteiger partial charge in [-0.05, 0) is 59.2 Å². The fraction of sp³-hybridized carbons (Fsp3) is 0.458. The van der Waals surface area contributed by atoms with E-state index in [2.05, 4.69) is 18.7 Å². The van der Waals surface area contributed by atoms with Crippen LogP contribution in [0.4, 0.5) is 5.00 Å². The van der Waals surface area contributed by atoms with Gasteiger partial charge in [-0.25, -0.2) is 0 Å². The van der Waals surface area contributed by atoms with Crippen LogP contribution in [-0.4, -0.2) is 47.4 Å². The molecule has 4 rings (SSSR count). The summed E-state index contributed by atoms with van der Waals surface area (Å²) in [5.74, 6) is 0.625. The average molecular weight is 473 g/mol. The lowest BCUT2D eigenvalue weighted by molar-refractivity contribution is -0.155. The number of benzene rings is 1. The number of likely N-dealkylation sites (N-methyl/N-ethyl adjacent to an activating group) is 1. The number of esters is 1. The summed E-state index contributed by atoms with van der Waals surface area (Å²) in [6.45, 7) is 11.9. The Labute approximate surface area is 198 Å². The molecule has 2 aliphatic rings. The Hall–Kier alpha value is -2.38. The van der Waals surface area contributed by atoms with Crippen LogP contribution in [0.1, 0.15) is 55.7 Å². The van der Waals surface area contributed by atoms with Crippen molar-refractivity contribution in [1.29, 1.82) is 0 Å². The predicted molar refractivity (Wildman–Crippen MR) is 132 cm³/mol. The summed E-state index contributed by atoms with van der Waals surface area (Å²) >= 11 is 7.90. The number of amidine groups is 1. The standard InChI is InChI=1S/C24H29ClN4O2S/c1-13-14(2)32-23-20(13)21(16-8-10-17(25)11-9-16)26-18(12-19(30)31-24(4,5)6)22-28(7)27-15(3)29(22)23/h8-11,18,22H,12H2,1-7H3/t18-,22?/m1/s1. The second-order valence-corrected chi connectivity index (χ2v) is 11.0. The molecule has 0 aliphatic carbocycles. The summed E-state index contributed by atoms with van der Waals surface area (Å²) in [4.78, 5) is 21.5. The molecular formula is C24H29ClN4O2S. The summed E-state index contributed by atoms with van der Waals surface area (Å²) in [5, 5.41) is 8.39. The Balaban J connectivity index is 1.89. The van der Waals surface area contributed by atoms with Crippen molar-refractivity contribution in [2.24, 2.45) is 10.1 Å². The van der Waals surface area contributed by atoms with Crippen molar-refractivity contribution in [2.45, 2.75) is 65.8 Å². The van der Waals surface area contributed by atoms with Crippen molar-refractivity contribution in [2.75, 3.05) is 11.9 Å². The molecule has 0 radical (unpaired) electrons. The highest BCUT2D eigenvalue weighted by Gasteiger charge is 2.43. The van der Waals surface area contributed by atoms with Crippen molar-refractivity contribution in [3.63, 3.8) is 0 Å². The van der Waals surface area contributed by atoms with Gasteiger partial charge in [-0.1, -0.05) is 23.7 Å². The van der Waals surface area contributed by atoms with Gasteiger partial charge in [-0.15, -0.1) is 11.3 Å². The summed E-state index contributed by atoms with van der Waals surface area (Å²) in [7, 11) is 1.94. The van der Waals surface area contributed by atoms with E-state index in [1.165, 1.54) is 10.4 Å². The van der Waals surface area contributed by atoms with E-state index in [1.54, 1.807) is 11.3 Å². The van der Waals surface area contributed by atoms with Gasteiger partial charge in [0.25, 0.3) is 0 Å². The number of aliphatic imine (C=N–C) groups is 1. The SMILES string of the molecule is CC1=NN(C)C2[C@@H](CC(=O)OC(C)(C)C)N=C(c3ccc(Cl)cc3)c3c(sc(C)c3C)N12. The van der Waals surface area contributed by atoms with E-state index in [9.17, 15) is 4.79 Å². The molecule has 2 aliphatic heterocycles. The Morgan fingerprint density at radius 3 is 2.47 bits per heavy atom. The van der Waals surface area contributed by atoms with Crippen LogP contribution in [0.15, 0.2) is 34.4 Å². The molecule has 8 heteroatoms. The number of rotatable bonds is 3. The molecule has 3 heterocycles. The number of carbonyl (C=O) groups excluding carboxylic acids is 1. The molecule has 1 aromatic carbocycles. The third-order valence-electron chi connectivity index (χ3n) is 5.67. The molecule has 2 aromatic rings. The van der Waals surface area contributed by atoms with Gasteiger partial charge < -0.3 is 4.74 Å². The van der Waals surface area contributed by atoms with Gasteiger partial charge in [0.15, 0.2) is 0 Å². The zero-order valence-corrected chi connectivity index (χ0v) is 21.1. The van der Waals surface area contributed by atoms with Crippen LogP contribution in [0.3, 0.4) is 0 Å². The third kappa shape index (κ3) is 4.16. The molecule has 0 N–H and O–H groups in total. The first-order valence-corrected chi connectivity index (χ1v) is 11.9. The fourth-order valence-electron chi connectivity index (χ4n) is 4.27. The number of hydrogen-bond acceptors (Lipinski definition) is 7. The molecule has 0 saturated carbocycles. The maximum absolute atomic E-state index is 12.9. The summed E-state index contributed by atoms with van der Waals surface area (Å²) in [6.07, 6.45) is -0.0427. The fourth-order valence-corrected chi connectivity index (χ4v) is 5.63. The molecule has 0 bridgehead atoms. The molecule has 2 atom stereocenters. The minimum Gasteiger partial charge on any atom is -0.460 e. The van der Waals surface area contributed by atoms with Gasteiger partial charge >= 0.3 is 5.97 Å². The molecule has 6 nitrogen and oxygen atoms in total. The monoisotopic (exact) mass is 472 g/mol. The molecule has 0 amide bonds. The van der Waals surface area contributed by atoms with Crippen molar-refractivity contribution in [3.05, 3.63) is 50.9 Å². The first kappa shape index (κ1) is 22.8. The van der Waals surface area contributed by atoms with Crippen molar-refractivity contribution >= 4 is 45.5 Å². The zero-order chi connectivity index (χ0) is 23.4. The maximum atomic E-state index is 12.9. The number of halogens is 1. The lowest BCUT2D eigenvalue weighted by Crippen LogP contribution is -2.48. The third-order valence-corrected chi connectivity index (χ3v) is 7.13. The van der Waals surface area contributed by atoms with E-state index in [0.29, 0.717) is 5.02 Å². The smallest absolute Gasteiger partial charge is 0.308 e. The van der Waals surface area contributed by atoms with Crippen LogP contribution in [0.25, 0.3) is 0 Å². The Kier molecular flexibility index (Phi) is 5.84. The highest BCUT2D eigenvalue weighted by molar-refractivity contribution is 7.17. The molecule has 0 fully saturated rings. The Bertz CT molecular complexity index is 1110. The van der Waals surface area contributed by atoms with E-state index in [1.807, 2.05) is 64.0 Å². The molecule has 32 heavy (non-hydrogen) atoms. The van der Waals surface area contributed by atoms with Crippen LogP contribution in [0, 0.1) is 13.8 Å². The largest absolute Gasteiger partial charge is 0.460 e. The number of aryl methyl sites for hydroxylation is 1. The minimum atomic E-state index is -0.551. The second-order valence-electron chi connectivity index (χ2n) is 9.31. The van der Waals surface area contributed by atoms with Crippen LogP contribution < -0.4 is 4.90 Å². The van der Waals surface area contributed by atoms with Crippen LogP contribution in [0.2, 0.25) is 5.02 Å². The number of nitrogens with zero attached hydrogens (tertiary/aromatic N) is 4. The zero-order valence-electron chi connectivity index (χ0n) is 19.6. The number of anilines is 1. The van der Waals surface area contributed by atoms with Gasteiger partial charge in [-0.3, -0.25) is 19.7 Å². The lowest BCUT2D eigenvalue weighted by Gasteiger charge is -2.32. The summed E-state index contributed by atoms with van der Waals surface area (Å²) < 4.78 is 5.65. The lowest BCUT2D eigenvalue weighted by atomic mass is 9.99. The van der Waals surface area contributed by atoms with Crippen molar-refractivity contribution in [1.82, 2.24) is 5.01 Å². The maximum Gasteiger partial charge on any atom is 0.308 e. The number of hydrazone groups is 1. The first-order chi connectivity index (χ1) is 15.0. The van der Waals surface area contributed by atoms with Crippen molar-refractivity contribution in [3.8, 4) is 0 Å². The topological polar surface area (TPSA) is 57.5 Å². The quantitative estimate of drug-likeness (QED) is 0.562. The molecule has 1 aromatic heterocycles. The van der Waals surface area contributed by atoms with E-state index in [-0.39, 0.29) is 24.6 Å². The first-order valence-electron chi connectivity index (χ1n) is 10.7. The Morgan fingerprint density at radius 2 is 1.84 bits per heavy atom. The minimum absolute atomic E-state index is 0.162. The van der Waals surface area contributed by atoms with E-state index in [0.717, 1.165) is 27.7 Å². The number of thiophene rings is 1. The van der Waals surface area contributed by atoms with Gasteiger partial charge in [0.05, 0.1) is 12.1 Å². The highest BCUT2D eigenvalue weighted by atomic mass is 35.5. The molecule has 0 saturated heterocycles. The van der Waals surface area contributed by atoms with Crippen LogP contribution in [0.5, 0.6) is 0 Å². The number of hydrogen-bond donors (Lipinski definition) is 0. The molecular weight excluding hydrogens is 444 g/mol. The van der Waals surface area contributed by atoms with Crippen LogP contribution in [-0.2, 0) is 9.53 Å². The molecule has 0 spiro atoms. The highest BCUT2D eigenvalue weighted by Crippen LogP contribution is 2.43. The predicted octanol–water partition coefficient (Wildman–Crippen LogP) is 5.38. The van der Waals surface area contributed by atoms with Crippen molar-refractivity contribution < 1.29 is 9.53 Å². The normalized spacial score (nSPS) is 20.4. The van der Waals surface area contributed by atoms with E-state index in [4.69, 9.17) is 26.4 Å². The number of ether oxygens (including phenoxy) is 1.